The molecule has 80 valence electrons. The van der Waals surface area contributed by atoms with Gasteiger partial charge in [0.05, 0.1) is 12.5 Å². The molecule has 2 atom stereocenters. The van der Waals surface area contributed by atoms with Gasteiger partial charge in [-0.2, -0.15) is 0 Å². The van der Waals surface area contributed by atoms with Crippen molar-refractivity contribution in [2.24, 2.45) is 0 Å². The van der Waals surface area contributed by atoms with Gasteiger partial charge in [-0.1, -0.05) is 0 Å². The van der Waals surface area contributed by atoms with E-state index in [1.807, 2.05) is 0 Å². The van der Waals surface area contributed by atoms with Crippen LogP contribution in [-0.2, 0) is 14.4 Å². The van der Waals surface area contributed by atoms with Gasteiger partial charge >= 0.3 is 5.97 Å². The van der Waals surface area contributed by atoms with Crippen molar-refractivity contribution in [2.75, 3.05) is 6.54 Å². The summed E-state index contributed by atoms with van der Waals surface area (Å²) in [7, 11) is 0. The summed E-state index contributed by atoms with van der Waals surface area (Å²) in [6, 6.07) is -0.542. The van der Waals surface area contributed by atoms with Crippen LogP contribution >= 0.6 is 0 Å². The Morgan fingerprint density at radius 3 is 2.14 bits per heavy atom. The second kappa shape index (κ2) is 7.16. The zero-order chi connectivity index (χ0) is 11.0. The number of rotatable bonds is 3. The average Bonchev–Trinajstić information content (AvgIpc) is 2.54. The third-order valence-corrected chi connectivity index (χ3v) is 1.60. The maximum atomic E-state index is 10.2. The Labute approximate surface area is 80.9 Å². The highest BCUT2D eigenvalue weighted by molar-refractivity contribution is 5.73. The fraction of sp³-hybridized carbons (Fsp3) is 0.625. The van der Waals surface area contributed by atoms with Crippen molar-refractivity contribution < 1.29 is 24.6 Å². The van der Waals surface area contributed by atoms with Crippen LogP contribution in [0.4, 0.5) is 0 Å². The number of β-amino-alcohol motifs (C(OH)–C–C–N with tert-alkyl or cyclic N) is 1. The summed E-state index contributed by atoms with van der Waals surface area (Å²) in [5, 5.41) is 19.8. The van der Waals surface area contributed by atoms with Gasteiger partial charge in [0.1, 0.15) is 18.6 Å². The van der Waals surface area contributed by atoms with Crippen LogP contribution in [0.1, 0.15) is 12.8 Å². The van der Waals surface area contributed by atoms with E-state index in [9.17, 15) is 14.4 Å². The minimum Gasteiger partial charge on any atom is -0.480 e. The summed E-state index contributed by atoms with van der Waals surface area (Å²) in [6.45, 7) is 0.400. The molecule has 0 aromatic heterocycles. The lowest BCUT2D eigenvalue weighted by Gasteiger charge is -1.99. The highest BCUT2D eigenvalue weighted by Crippen LogP contribution is 2.05. The number of aliphatic hydroxyl groups excluding tert-OH is 1. The van der Waals surface area contributed by atoms with E-state index in [-0.39, 0.29) is 6.42 Å². The van der Waals surface area contributed by atoms with Crippen LogP contribution in [-0.4, -0.2) is 47.4 Å². The number of carbonyl (C=O) groups excluding carboxylic acids is 2. The molecule has 1 heterocycles. The van der Waals surface area contributed by atoms with Crippen LogP contribution < -0.4 is 5.32 Å². The lowest BCUT2D eigenvalue weighted by atomic mass is 10.2. The van der Waals surface area contributed by atoms with Crippen molar-refractivity contribution in [1.82, 2.24) is 5.32 Å². The maximum absolute atomic E-state index is 10.2. The first kappa shape index (κ1) is 12.7. The summed E-state index contributed by atoms with van der Waals surface area (Å²) in [5.74, 6) is -0.883. The van der Waals surface area contributed by atoms with E-state index >= 15 is 0 Å². The smallest absolute Gasteiger partial charge is 0.320 e. The van der Waals surface area contributed by atoms with Crippen molar-refractivity contribution >= 4 is 18.5 Å². The van der Waals surface area contributed by atoms with E-state index in [1.165, 1.54) is 0 Å². The molecular formula is C8H13NO5. The molecule has 0 saturated carbocycles. The van der Waals surface area contributed by atoms with Crippen molar-refractivity contribution in [2.45, 2.75) is 25.0 Å². The number of aliphatic carboxylic acids is 1. The molecule has 6 nitrogen and oxygen atoms in total. The van der Waals surface area contributed by atoms with Gasteiger partial charge in [-0.15, -0.1) is 0 Å². The van der Waals surface area contributed by atoms with Crippen LogP contribution in [0.15, 0.2) is 0 Å². The normalized spacial score (nSPS) is 24.6. The van der Waals surface area contributed by atoms with Gasteiger partial charge in [0.15, 0.2) is 0 Å². The number of nitrogens with one attached hydrogen (secondary N) is 1. The van der Waals surface area contributed by atoms with Crippen molar-refractivity contribution in [3.05, 3.63) is 0 Å². The topological polar surface area (TPSA) is 104 Å². The second-order valence-corrected chi connectivity index (χ2v) is 2.76. The van der Waals surface area contributed by atoms with Crippen LogP contribution in [0.3, 0.4) is 0 Å². The van der Waals surface area contributed by atoms with E-state index in [4.69, 9.17) is 10.2 Å². The van der Waals surface area contributed by atoms with Gasteiger partial charge in [-0.05, 0) is 0 Å². The first-order chi connectivity index (χ1) is 6.61. The molecule has 0 aliphatic carbocycles. The molecular weight excluding hydrogens is 190 g/mol. The summed E-state index contributed by atoms with van der Waals surface area (Å²) in [4.78, 5) is 28.5. The molecule has 1 aliphatic rings. The molecule has 0 aromatic rings. The SMILES string of the molecule is O=C(O)[C@@H]1C[C@@H](O)CN1.O=CCC=O. The molecule has 0 bridgehead atoms. The molecule has 1 fully saturated rings. The molecule has 0 aromatic carbocycles. The fourth-order valence-corrected chi connectivity index (χ4v) is 0.944. The number of hydrogen-bond donors (Lipinski definition) is 3. The minimum atomic E-state index is -0.883. The lowest BCUT2D eigenvalue weighted by molar-refractivity contribution is -0.139. The van der Waals surface area contributed by atoms with Gasteiger partial charge in [0.2, 0.25) is 0 Å². The van der Waals surface area contributed by atoms with E-state index in [0.717, 1.165) is 0 Å². The fourth-order valence-electron chi connectivity index (χ4n) is 0.944. The number of aldehydes is 2. The highest BCUT2D eigenvalue weighted by atomic mass is 16.4. The Kier molecular flexibility index (Phi) is 6.51. The van der Waals surface area contributed by atoms with Crippen molar-refractivity contribution in [3.8, 4) is 0 Å². The van der Waals surface area contributed by atoms with E-state index in [0.29, 0.717) is 25.5 Å². The Balaban J connectivity index is 0.000000292. The average molecular weight is 203 g/mol. The molecule has 1 aliphatic heterocycles. The van der Waals surface area contributed by atoms with E-state index < -0.39 is 18.1 Å². The van der Waals surface area contributed by atoms with Gasteiger partial charge in [-0.25, -0.2) is 0 Å². The van der Waals surface area contributed by atoms with Crippen molar-refractivity contribution in [1.29, 1.82) is 0 Å². The number of carboxylic acids is 1. The standard InChI is InChI=1S/C5H9NO3.C3H4O2/c7-3-1-4(5(8)9)6-2-3;4-2-1-3-5/h3-4,6-7H,1-2H2,(H,8,9);2-3H,1H2/t3-,4+;/m1./s1. The summed E-state index contributed by atoms with van der Waals surface area (Å²) < 4.78 is 0. The number of hydrogen-bond acceptors (Lipinski definition) is 5. The molecule has 14 heavy (non-hydrogen) atoms. The third-order valence-electron chi connectivity index (χ3n) is 1.60. The molecule has 6 heteroatoms. The van der Waals surface area contributed by atoms with E-state index in [2.05, 4.69) is 5.32 Å². The molecule has 0 radical (unpaired) electrons. The number of carboxylic acid groups (broad SMARTS) is 1. The van der Waals surface area contributed by atoms with Gasteiger partial charge in [0, 0.05) is 13.0 Å². The van der Waals surface area contributed by atoms with Crippen LogP contribution in [0.5, 0.6) is 0 Å². The Morgan fingerprint density at radius 1 is 1.43 bits per heavy atom. The Hall–Kier alpha value is -1.27. The van der Waals surface area contributed by atoms with Gasteiger partial charge in [0.25, 0.3) is 0 Å². The van der Waals surface area contributed by atoms with Crippen LogP contribution in [0.25, 0.3) is 0 Å². The quantitative estimate of drug-likeness (QED) is 0.383. The highest BCUT2D eigenvalue weighted by Gasteiger charge is 2.27. The third kappa shape index (κ3) is 5.39. The van der Waals surface area contributed by atoms with Crippen molar-refractivity contribution in [3.63, 3.8) is 0 Å². The number of carbonyl (C=O) groups is 3. The summed E-state index contributed by atoms with van der Waals surface area (Å²) in [6.07, 6.45) is 1.00. The monoisotopic (exact) mass is 203 g/mol. The molecule has 0 spiro atoms. The molecule has 1 saturated heterocycles. The predicted octanol–water partition coefficient (Wildman–Crippen LogP) is -1.43. The van der Waals surface area contributed by atoms with Crippen LogP contribution in [0, 0.1) is 0 Å². The number of aliphatic hydroxyl groups is 1. The van der Waals surface area contributed by atoms with E-state index in [1.54, 1.807) is 0 Å². The molecule has 0 amide bonds. The Morgan fingerprint density at radius 2 is 2.00 bits per heavy atom. The summed E-state index contributed by atoms with van der Waals surface area (Å²) in [5.41, 5.74) is 0. The maximum Gasteiger partial charge on any atom is 0.320 e. The van der Waals surface area contributed by atoms with Gasteiger partial charge < -0.3 is 25.1 Å². The lowest BCUT2D eigenvalue weighted by Crippen LogP contribution is -2.29. The van der Waals surface area contributed by atoms with Crippen LogP contribution in [0.2, 0.25) is 0 Å². The predicted molar refractivity (Wildman–Crippen MR) is 46.8 cm³/mol. The Bertz CT molecular complexity index is 200. The first-order valence-electron chi connectivity index (χ1n) is 4.13. The molecule has 1 rings (SSSR count). The second-order valence-electron chi connectivity index (χ2n) is 2.76. The van der Waals surface area contributed by atoms with Gasteiger partial charge in [-0.3, -0.25) is 4.79 Å². The summed E-state index contributed by atoms with van der Waals surface area (Å²) >= 11 is 0. The zero-order valence-electron chi connectivity index (χ0n) is 7.55. The molecule has 0 unspecified atom stereocenters. The minimum absolute atomic E-state index is 0.0278. The largest absolute Gasteiger partial charge is 0.480 e. The molecule has 3 N–H and O–H groups in total. The first-order valence-corrected chi connectivity index (χ1v) is 4.13. The zero-order valence-corrected chi connectivity index (χ0v) is 7.55.